The standard InChI is InChI=1S/C32H42BrClN4O5Si.C23H35ClN4O5Si.C8H7BrClN.C8H8BrNO/c1-32(2,3)44(4,5)43-25-17-41-28-24(16-40-29(25)28)42-31-37-23-14-21(34)22(36-30(23)38(31)26-8-6-7-11-39-26)13-19-10-9-18-12-20(33)15-35-27(18)19;1-23(2,3)34(4,5)33-16-12-31-18-15(11-30-19(16)18)32-22-26-14-10-13(24)20(25)27-21(14)28(22)17-8-6-7-9-29-17;9-6-3-5-1-2-7(10)8(5)11-4-6;9-6-3-5-1-2-7(11)8(5)10-4-6/h12,14-15,19,24-26,28-29H,6-11,13,16-17H2,1-5H3;10,15-19H,6-9,11-12H2,1-5H3,(H2,25,27);3-4,7H,1-2H2;3-4,7,11H,1-2H2/t19?,24-,25-,26?,28-,29-;15-,16-,17?,18-,19-;;/m11../s1. The van der Waals surface area contributed by atoms with Crippen LogP contribution in [0.1, 0.15) is 169 Å². The van der Waals surface area contributed by atoms with Gasteiger partial charge in [0.1, 0.15) is 53.7 Å². The Morgan fingerprint density at radius 1 is 0.540 bits per heavy atom. The number of aryl methyl sites for hydroxylation is 3. The fourth-order valence-corrected chi connectivity index (χ4v) is 18.5. The van der Waals surface area contributed by atoms with Gasteiger partial charge in [-0.25, -0.2) is 9.97 Å². The molecule has 0 aromatic carbocycles. The number of rotatable bonds is 12. The Hall–Kier alpha value is -3.53. The van der Waals surface area contributed by atoms with Crippen LogP contribution in [0, 0.1) is 0 Å². The molecule has 7 aromatic rings. The topological polar surface area (TPSA) is 239 Å². The van der Waals surface area contributed by atoms with Gasteiger partial charge >= 0.3 is 12.0 Å². The molecule has 13 heterocycles. The monoisotopic (exact) mass is 1660 g/mol. The number of alkyl halides is 1. The van der Waals surface area contributed by atoms with E-state index in [-0.39, 0.29) is 94.6 Å². The predicted octanol–water partition coefficient (Wildman–Crippen LogP) is 16.3. The van der Waals surface area contributed by atoms with Gasteiger partial charge in [-0.05, 0) is 215 Å². The first kappa shape index (κ1) is 74.7. The normalized spacial score (nSPS) is 27.8. The van der Waals surface area contributed by atoms with Gasteiger partial charge in [-0.15, -0.1) is 11.6 Å². The molecule has 0 saturated carbocycles. The second-order valence-corrected chi connectivity index (χ2v) is 44.2. The lowest BCUT2D eigenvalue weighted by molar-refractivity contribution is -0.0408. The number of nitrogens with two attached hydrogens (primary N) is 1. The van der Waals surface area contributed by atoms with Crippen LogP contribution in [-0.4, -0.2) is 154 Å². The van der Waals surface area contributed by atoms with Crippen molar-refractivity contribution in [3.05, 3.63) is 112 Å². The van der Waals surface area contributed by atoms with Gasteiger partial charge < -0.3 is 57.6 Å². The van der Waals surface area contributed by atoms with Crippen LogP contribution in [0.2, 0.25) is 46.3 Å². The molecule has 0 bridgehead atoms. The highest BCUT2D eigenvalue weighted by Crippen LogP contribution is 2.46. The van der Waals surface area contributed by atoms with Crippen molar-refractivity contribution in [2.45, 2.75) is 240 Å². The summed E-state index contributed by atoms with van der Waals surface area (Å²) in [5, 5.41) is 10.7. The molecule has 6 saturated heterocycles. The molecule has 9 aliphatic rings. The number of aliphatic hydroxyl groups excluding tert-OH is 1. The Kier molecular flexibility index (Phi) is 23.0. The van der Waals surface area contributed by atoms with E-state index in [0.29, 0.717) is 84.8 Å². The van der Waals surface area contributed by atoms with E-state index in [9.17, 15) is 5.11 Å². The summed E-state index contributed by atoms with van der Waals surface area (Å²) in [5.41, 5.74) is 16.3. The number of halogens is 6. The van der Waals surface area contributed by atoms with Crippen LogP contribution in [0.4, 0.5) is 5.82 Å². The van der Waals surface area contributed by atoms with E-state index in [1.54, 1.807) is 18.5 Å². The number of fused-ring (bicyclic) bond motifs is 7. The van der Waals surface area contributed by atoms with Crippen molar-refractivity contribution in [1.82, 2.24) is 44.0 Å². The largest absolute Gasteiger partial charge is 0.456 e. The predicted molar refractivity (Wildman–Crippen MR) is 400 cm³/mol. The summed E-state index contributed by atoms with van der Waals surface area (Å²) < 4.78 is 70.6. The molecule has 6 fully saturated rings. The number of ether oxygens (including phenoxy) is 8. The molecule has 29 heteroatoms. The quantitative estimate of drug-likeness (QED) is 0.0854. The number of nitrogens with zero attached hydrogens (tertiary/aromatic N) is 9. The molecule has 0 radical (unpaired) electrons. The van der Waals surface area contributed by atoms with Crippen LogP contribution in [0.25, 0.3) is 22.3 Å². The Bertz CT molecular complexity index is 4020. The van der Waals surface area contributed by atoms with Gasteiger partial charge in [-0.2, -0.15) is 9.97 Å². The maximum Gasteiger partial charge on any atom is 0.301 e. The number of hydrogen-bond acceptors (Lipinski definition) is 19. The average molecular weight is 1660 g/mol. The summed E-state index contributed by atoms with van der Waals surface area (Å²) in [6.07, 6.45) is 15.5. The lowest BCUT2D eigenvalue weighted by atomic mass is 10.00. The molecule has 13 atom stereocenters. The van der Waals surface area contributed by atoms with Crippen LogP contribution < -0.4 is 15.2 Å². The molecule has 542 valence electrons. The highest BCUT2D eigenvalue weighted by Gasteiger charge is 2.55. The number of imidazole rings is 2. The molecule has 0 amide bonds. The van der Waals surface area contributed by atoms with Crippen molar-refractivity contribution in [1.29, 1.82) is 0 Å². The van der Waals surface area contributed by atoms with E-state index >= 15 is 0 Å². The van der Waals surface area contributed by atoms with Crippen molar-refractivity contribution in [2.75, 3.05) is 45.4 Å². The zero-order valence-corrected chi connectivity index (χ0v) is 67.5. The molecule has 3 N–H and O–H groups in total. The minimum atomic E-state index is -1.99. The van der Waals surface area contributed by atoms with Gasteiger partial charge in [0.25, 0.3) is 0 Å². The summed E-state index contributed by atoms with van der Waals surface area (Å²) in [6.45, 7) is 25.7. The molecule has 16 rings (SSSR count). The SMILES string of the molecule is CC(C)(C)[Si](C)(C)O[C@@H]1CO[C@H]2[C@@H]1OC[C@H]2Oc1nc2cc(Cl)c(CC3CCc4cc(Br)cnc43)nc2n1C1CCCCO1.CC(C)(C)[Si](C)(C)O[C@@H]1CO[C@H]2[C@@H]1OC[C@H]2Oc1nc2cc(Cl)c(N)nc2n1C1CCCCO1.ClC1CCc2cc(Br)cnc21.OC1CCc2cc(Br)cnc21. The molecule has 3 aliphatic carbocycles. The molecular weight excluding hydrogens is 1570 g/mol. The Morgan fingerprint density at radius 3 is 1.47 bits per heavy atom. The summed E-state index contributed by atoms with van der Waals surface area (Å²) in [6, 6.07) is 10.8. The molecule has 100 heavy (non-hydrogen) atoms. The smallest absolute Gasteiger partial charge is 0.301 e. The Morgan fingerprint density at radius 2 is 0.970 bits per heavy atom. The number of nitrogen functional groups attached to an aromatic ring is 1. The number of hydrogen-bond donors (Lipinski definition) is 2. The highest BCUT2D eigenvalue weighted by atomic mass is 79.9. The molecule has 0 spiro atoms. The van der Waals surface area contributed by atoms with Gasteiger partial charge in [0.15, 0.2) is 40.1 Å². The molecule has 5 unspecified atom stereocenters. The van der Waals surface area contributed by atoms with Crippen molar-refractivity contribution >= 4 is 127 Å². The Labute approximate surface area is 627 Å². The van der Waals surface area contributed by atoms with Crippen molar-refractivity contribution < 1.29 is 51.9 Å². The molecule has 6 aliphatic heterocycles. The van der Waals surface area contributed by atoms with Gasteiger partial charge in [0.2, 0.25) is 0 Å². The third-order valence-electron chi connectivity index (χ3n) is 21.6. The van der Waals surface area contributed by atoms with Gasteiger partial charge in [-0.3, -0.25) is 24.1 Å². The maximum absolute atomic E-state index is 9.39. The zero-order valence-electron chi connectivity index (χ0n) is 58.5. The first-order valence-electron chi connectivity index (χ1n) is 35.1. The summed E-state index contributed by atoms with van der Waals surface area (Å²) in [4.78, 5) is 32.4. The minimum absolute atomic E-state index is 0.0970. The van der Waals surface area contributed by atoms with E-state index in [1.807, 2.05) is 27.5 Å². The van der Waals surface area contributed by atoms with Crippen molar-refractivity contribution in [2.24, 2.45) is 0 Å². The molecule has 21 nitrogen and oxygen atoms in total. The fourth-order valence-electron chi connectivity index (χ4n) is 14.1. The van der Waals surface area contributed by atoms with Crippen LogP contribution in [0.5, 0.6) is 12.0 Å². The van der Waals surface area contributed by atoms with Crippen LogP contribution in [0.3, 0.4) is 0 Å². The van der Waals surface area contributed by atoms with E-state index in [2.05, 4.69) is 143 Å². The van der Waals surface area contributed by atoms with Crippen LogP contribution in [0.15, 0.2) is 62.3 Å². The molecule has 7 aromatic heterocycles. The maximum atomic E-state index is 9.39. The first-order valence-corrected chi connectivity index (χ1v) is 44.5. The van der Waals surface area contributed by atoms with E-state index < -0.39 is 16.6 Å². The highest BCUT2D eigenvalue weighted by molar-refractivity contribution is 9.11. The summed E-state index contributed by atoms with van der Waals surface area (Å²) >= 11 is 29.4. The van der Waals surface area contributed by atoms with E-state index in [0.717, 1.165) is 119 Å². The molecular formula is C71H92Br3Cl3N10O11Si2. The van der Waals surface area contributed by atoms with Crippen LogP contribution >= 0.6 is 82.6 Å². The first-order chi connectivity index (χ1) is 47.6. The van der Waals surface area contributed by atoms with Gasteiger partial charge in [0, 0.05) is 56.8 Å². The van der Waals surface area contributed by atoms with E-state index in [4.69, 9.17) is 107 Å². The Balaban J connectivity index is 0.000000139. The second kappa shape index (κ2) is 30.7. The average Bonchev–Trinajstić information content (AvgIpc) is 1.66. The second-order valence-electron chi connectivity index (χ2n) is 30.6. The van der Waals surface area contributed by atoms with Crippen LogP contribution in [-0.2, 0) is 63.0 Å². The summed E-state index contributed by atoms with van der Waals surface area (Å²) in [5.74, 6) is 0.527. The van der Waals surface area contributed by atoms with Gasteiger partial charge in [-0.1, -0.05) is 64.7 Å². The zero-order chi connectivity index (χ0) is 70.7. The number of anilines is 1. The summed E-state index contributed by atoms with van der Waals surface area (Å²) in [7, 11) is -3.94. The number of aromatic nitrogens is 9. The minimum Gasteiger partial charge on any atom is -0.456 e. The number of aliphatic hydroxyl groups is 1. The third-order valence-corrected chi connectivity index (χ3v) is 32.9. The van der Waals surface area contributed by atoms with Crippen molar-refractivity contribution in [3.63, 3.8) is 0 Å². The third kappa shape index (κ3) is 16.1. The lowest BCUT2D eigenvalue weighted by Crippen LogP contribution is -2.47. The van der Waals surface area contributed by atoms with E-state index in [1.165, 1.54) is 16.7 Å². The van der Waals surface area contributed by atoms with Gasteiger partial charge in [0.05, 0.1) is 77.2 Å². The number of pyridine rings is 5. The fraction of sp³-hybridized carbons (Fsp3) is 0.620. The van der Waals surface area contributed by atoms with Crippen molar-refractivity contribution in [3.8, 4) is 12.0 Å². The lowest BCUT2D eigenvalue weighted by Gasteiger charge is -2.39.